The normalized spacial score (nSPS) is 11.7. The molecule has 10 aromatic rings. The van der Waals surface area contributed by atoms with Gasteiger partial charge in [-0.25, -0.2) is 15.0 Å². The van der Waals surface area contributed by atoms with Crippen molar-refractivity contribution < 1.29 is 0 Å². The van der Waals surface area contributed by atoms with Gasteiger partial charge in [-0.15, -0.1) is 11.3 Å². The average molecular weight is 642 g/mol. The molecule has 0 radical (unpaired) electrons. The highest BCUT2D eigenvalue weighted by molar-refractivity contribution is 7.26. The second-order valence-corrected chi connectivity index (χ2v) is 13.5. The van der Waals surface area contributed by atoms with Crippen molar-refractivity contribution >= 4 is 63.8 Å². The van der Waals surface area contributed by atoms with E-state index < -0.39 is 0 Å². The van der Waals surface area contributed by atoms with Crippen LogP contribution < -0.4 is 0 Å². The average Bonchev–Trinajstić information content (AvgIpc) is 3.57. The summed E-state index contributed by atoms with van der Waals surface area (Å²) in [5.74, 6) is 1.96. The van der Waals surface area contributed by atoms with Gasteiger partial charge in [-0.3, -0.25) is 0 Å². The molecule has 0 saturated heterocycles. The van der Waals surface area contributed by atoms with Crippen LogP contribution in [0.4, 0.5) is 0 Å². The van der Waals surface area contributed by atoms with Crippen LogP contribution >= 0.6 is 11.3 Å². The molecule has 0 aliphatic rings. The third kappa shape index (κ3) is 4.68. The number of thiophene rings is 1. The third-order valence-corrected chi connectivity index (χ3v) is 10.7. The van der Waals surface area contributed by atoms with Gasteiger partial charge in [0.1, 0.15) is 0 Å². The van der Waals surface area contributed by atoms with Gasteiger partial charge in [-0.05, 0) is 62.3 Å². The lowest BCUT2D eigenvalue weighted by Crippen LogP contribution is -2.01. The molecule has 0 unspecified atom stereocenters. The van der Waals surface area contributed by atoms with Crippen LogP contribution in [0.1, 0.15) is 0 Å². The first-order valence-corrected chi connectivity index (χ1v) is 17.3. The van der Waals surface area contributed by atoms with Crippen LogP contribution in [0.5, 0.6) is 0 Å². The number of aromatic nitrogens is 3. The molecule has 0 bridgehead atoms. The summed E-state index contributed by atoms with van der Waals surface area (Å²) < 4.78 is 2.64. The molecule has 49 heavy (non-hydrogen) atoms. The van der Waals surface area contributed by atoms with Crippen LogP contribution in [-0.4, -0.2) is 15.0 Å². The van der Waals surface area contributed by atoms with Crippen molar-refractivity contribution in [3.63, 3.8) is 0 Å². The van der Waals surface area contributed by atoms with E-state index in [1.54, 1.807) is 0 Å². The van der Waals surface area contributed by atoms with Gasteiger partial charge in [0.2, 0.25) is 0 Å². The van der Waals surface area contributed by atoms with Crippen LogP contribution in [0.3, 0.4) is 0 Å². The zero-order valence-corrected chi connectivity index (χ0v) is 27.2. The molecule has 8 aromatic carbocycles. The fourth-order valence-electron chi connectivity index (χ4n) is 7.10. The van der Waals surface area contributed by atoms with Gasteiger partial charge >= 0.3 is 0 Å². The Hall–Kier alpha value is -6.23. The molecule has 2 aromatic heterocycles. The zero-order valence-electron chi connectivity index (χ0n) is 26.3. The van der Waals surface area contributed by atoms with Crippen LogP contribution in [0.15, 0.2) is 164 Å². The maximum atomic E-state index is 5.19. The zero-order chi connectivity index (χ0) is 32.3. The molecule has 0 N–H and O–H groups in total. The molecule has 0 amide bonds. The summed E-state index contributed by atoms with van der Waals surface area (Å²) in [7, 11) is 0. The number of hydrogen-bond acceptors (Lipinski definition) is 4. The standard InChI is InChI=1S/C45H27N3S/c1-2-11-29(12-3-1)43-46-44(48-45(47-43)40-27-32-13-4-5-16-34(32)35-17-6-7-18-36(35)40)33-15-10-14-30(25-33)31-22-21-28-23-24-38-37-19-8-9-20-41(37)49-42(38)39(28)26-31/h1-27H. The number of benzene rings is 8. The minimum Gasteiger partial charge on any atom is -0.208 e. The van der Waals surface area contributed by atoms with Crippen molar-refractivity contribution in [3.05, 3.63) is 164 Å². The predicted octanol–water partition coefficient (Wildman–Crippen LogP) is 12.4. The summed E-state index contributed by atoms with van der Waals surface area (Å²) in [6, 6.07) is 58.0. The molecule has 0 aliphatic carbocycles. The maximum Gasteiger partial charge on any atom is 0.164 e. The minimum absolute atomic E-state index is 0.649. The molecule has 10 rings (SSSR count). The Morgan fingerprint density at radius 1 is 0.327 bits per heavy atom. The van der Waals surface area contributed by atoms with Crippen LogP contribution in [0, 0.1) is 0 Å². The second kappa shape index (κ2) is 11.2. The lowest BCUT2D eigenvalue weighted by Gasteiger charge is -2.13. The molecule has 0 atom stereocenters. The van der Waals surface area contributed by atoms with E-state index in [2.05, 4.69) is 146 Å². The minimum atomic E-state index is 0.649. The lowest BCUT2D eigenvalue weighted by molar-refractivity contribution is 1.08. The molecule has 228 valence electrons. The summed E-state index contributed by atoms with van der Waals surface area (Å²) in [5, 5.41) is 9.83. The highest BCUT2D eigenvalue weighted by Crippen LogP contribution is 2.40. The first-order valence-electron chi connectivity index (χ1n) is 16.4. The van der Waals surface area contributed by atoms with E-state index in [-0.39, 0.29) is 0 Å². The third-order valence-electron chi connectivity index (χ3n) is 9.49. The second-order valence-electron chi connectivity index (χ2n) is 12.4. The Balaban J connectivity index is 1.16. The first-order chi connectivity index (χ1) is 24.3. The van der Waals surface area contributed by atoms with Gasteiger partial charge < -0.3 is 0 Å². The maximum absolute atomic E-state index is 5.19. The van der Waals surface area contributed by atoms with E-state index in [0.29, 0.717) is 17.5 Å². The Labute approximate surface area is 286 Å². The number of hydrogen-bond donors (Lipinski definition) is 0. The van der Waals surface area contributed by atoms with E-state index in [1.165, 1.54) is 41.7 Å². The van der Waals surface area contributed by atoms with Crippen molar-refractivity contribution in [1.29, 1.82) is 0 Å². The quantitative estimate of drug-likeness (QED) is 0.180. The van der Waals surface area contributed by atoms with E-state index in [1.807, 2.05) is 29.5 Å². The topological polar surface area (TPSA) is 38.7 Å². The molecule has 0 saturated carbocycles. The van der Waals surface area contributed by atoms with Crippen LogP contribution in [0.2, 0.25) is 0 Å². The Morgan fingerprint density at radius 3 is 1.84 bits per heavy atom. The van der Waals surface area contributed by atoms with E-state index in [4.69, 9.17) is 15.0 Å². The predicted molar refractivity (Wildman–Crippen MR) is 207 cm³/mol. The fraction of sp³-hybridized carbons (Fsp3) is 0. The van der Waals surface area contributed by atoms with Crippen LogP contribution in [0.25, 0.3) is 97.8 Å². The van der Waals surface area contributed by atoms with Crippen molar-refractivity contribution in [2.24, 2.45) is 0 Å². The molecular weight excluding hydrogens is 615 g/mol. The molecule has 0 fully saturated rings. The van der Waals surface area contributed by atoms with E-state index in [9.17, 15) is 0 Å². The molecule has 4 heteroatoms. The van der Waals surface area contributed by atoms with Gasteiger partial charge in [-0.1, -0.05) is 140 Å². The molecule has 3 nitrogen and oxygen atoms in total. The Morgan fingerprint density at radius 2 is 0.959 bits per heavy atom. The van der Waals surface area contributed by atoms with Crippen LogP contribution in [-0.2, 0) is 0 Å². The summed E-state index contributed by atoms with van der Waals surface area (Å²) in [4.78, 5) is 15.4. The lowest BCUT2D eigenvalue weighted by atomic mass is 9.96. The Kier molecular flexibility index (Phi) is 6.36. The largest absolute Gasteiger partial charge is 0.208 e. The highest BCUT2D eigenvalue weighted by Gasteiger charge is 2.17. The van der Waals surface area contributed by atoms with Gasteiger partial charge in [0, 0.05) is 42.2 Å². The molecule has 2 heterocycles. The monoisotopic (exact) mass is 641 g/mol. The Bertz CT molecular complexity index is 2890. The summed E-state index contributed by atoms with van der Waals surface area (Å²) in [6.45, 7) is 0. The van der Waals surface area contributed by atoms with Gasteiger partial charge in [-0.2, -0.15) is 0 Å². The fourth-order valence-corrected chi connectivity index (χ4v) is 8.33. The number of nitrogens with zero attached hydrogens (tertiary/aromatic N) is 3. The van der Waals surface area contributed by atoms with Crippen molar-refractivity contribution in [1.82, 2.24) is 15.0 Å². The molecule has 0 aliphatic heterocycles. The molecular formula is C45H27N3S. The van der Waals surface area contributed by atoms with Crippen molar-refractivity contribution in [2.45, 2.75) is 0 Å². The summed E-state index contributed by atoms with van der Waals surface area (Å²) >= 11 is 1.87. The van der Waals surface area contributed by atoms with Gasteiger partial charge in [0.25, 0.3) is 0 Å². The summed E-state index contributed by atoms with van der Waals surface area (Å²) in [5.41, 5.74) is 5.18. The highest BCUT2D eigenvalue weighted by atomic mass is 32.1. The van der Waals surface area contributed by atoms with Gasteiger partial charge in [0.05, 0.1) is 0 Å². The number of fused-ring (bicyclic) bond motifs is 8. The summed E-state index contributed by atoms with van der Waals surface area (Å²) in [6.07, 6.45) is 0. The first kappa shape index (κ1) is 27.8. The van der Waals surface area contributed by atoms with Gasteiger partial charge in [0.15, 0.2) is 17.5 Å². The smallest absolute Gasteiger partial charge is 0.164 e. The van der Waals surface area contributed by atoms with Crippen molar-refractivity contribution in [2.75, 3.05) is 0 Å². The van der Waals surface area contributed by atoms with Crippen molar-refractivity contribution in [3.8, 4) is 45.3 Å². The molecule has 0 spiro atoms. The van der Waals surface area contributed by atoms with E-state index in [0.717, 1.165) is 38.6 Å². The number of rotatable bonds is 4. The van der Waals surface area contributed by atoms with E-state index >= 15 is 0 Å². The SMILES string of the molecule is c1ccc(-c2nc(-c3cccc(-c4ccc5ccc6c7ccccc7sc6c5c4)c3)nc(-c3cc4ccccc4c4ccccc34)n2)cc1.